The van der Waals surface area contributed by atoms with Gasteiger partial charge in [-0.1, -0.05) is 0 Å². The Morgan fingerprint density at radius 1 is 1.25 bits per heavy atom. The quantitative estimate of drug-likeness (QED) is 0.445. The molecule has 1 heterocycles. The van der Waals surface area contributed by atoms with Crippen molar-refractivity contribution in [1.82, 2.24) is 15.1 Å². The minimum absolute atomic E-state index is 0.00448. The van der Waals surface area contributed by atoms with E-state index in [1.807, 2.05) is 0 Å². The first-order valence-corrected chi connectivity index (χ1v) is 4.81. The largest absolute Gasteiger partial charge is 0.419 e. The van der Waals surface area contributed by atoms with Crippen LogP contribution in [-0.4, -0.2) is 28.1 Å². The van der Waals surface area contributed by atoms with Crippen LogP contribution in [0.15, 0.2) is 24.2 Å². The number of rotatable bonds is 2. The van der Waals surface area contributed by atoms with Crippen LogP contribution in [0, 0.1) is 10.8 Å². The Bertz CT molecular complexity index is 538. The highest BCUT2D eigenvalue weighted by Crippen LogP contribution is 2.28. The summed E-state index contributed by atoms with van der Waals surface area (Å²) in [6.45, 7) is 0. The first kappa shape index (κ1) is 15.7. The monoisotopic (exact) mass is 299 g/mol. The van der Waals surface area contributed by atoms with Crippen molar-refractivity contribution in [3.05, 3.63) is 29.7 Å². The molecule has 20 heavy (non-hydrogen) atoms. The Kier molecular flexibility index (Phi) is 4.20. The van der Waals surface area contributed by atoms with E-state index in [1.165, 1.54) is 0 Å². The molecule has 0 atom stereocenters. The van der Waals surface area contributed by atoms with Gasteiger partial charge < -0.3 is 10.7 Å². The first-order chi connectivity index (χ1) is 9.05. The molecule has 1 aromatic rings. The van der Waals surface area contributed by atoms with Gasteiger partial charge in [0.2, 0.25) is 5.96 Å². The zero-order valence-electron chi connectivity index (χ0n) is 9.47. The Morgan fingerprint density at radius 3 is 2.25 bits per heavy atom. The molecule has 11 heteroatoms. The summed E-state index contributed by atoms with van der Waals surface area (Å²) >= 11 is 0. The van der Waals surface area contributed by atoms with Crippen LogP contribution in [0.25, 0.3) is 0 Å². The van der Waals surface area contributed by atoms with E-state index in [4.69, 9.17) is 10.8 Å². The third-order valence-corrected chi connectivity index (χ3v) is 1.99. The van der Waals surface area contributed by atoms with Crippen molar-refractivity contribution < 1.29 is 26.3 Å². The normalized spacial score (nSPS) is 13.2. The maximum Gasteiger partial charge on any atom is 0.419 e. The SMILES string of the molecule is N=C/C(=C\NC(=N)n1cc(C(F)(F)F)cn1)C(F)(F)F. The minimum Gasteiger partial charge on any atom is -0.331 e. The summed E-state index contributed by atoms with van der Waals surface area (Å²) in [7, 11) is 0. The summed E-state index contributed by atoms with van der Waals surface area (Å²) in [4.78, 5) is 0. The van der Waals surface area contributed by atoms with Crippen molar-refractivity contribution in [2.45, 2.75) is 12.4 Å². The maximum atomic E-state index is 12.3. The fourth-order valence-electron chi connectivity index (χ4n) is 1.01. The minimum atomic E-state index is -4.81. The van der Waals surface area contributed by atoms with Crippen molar-refractivity contribution >= 4 is 12.2 Å². The summed E-state index contributed by atoms with van der Waals surface area (Å²) in [5.41, 5.74) is -2.54. The van der Waals surface area contributed by atoms with Crippen LogP contribution in [0.1, 0.15) is 5.56 Å². The van der Waals surface area contributed by atoms with Gasteiger partial charge in [-0.05, 0) is 0 Å². The van der Waals surface area contributed by atoms with Gasteiger partial charge in [0.15, 0.2) is 0 Å². The average molecular weight is 299 g/mol. The molecule has 0 saturated heterocycles. The number of hydrogen-bond acceptors (Lipinski definition) is 3. The third-order valence-electron chi connectivity index (χ3n) is 1.99. The van der Waals surface area contributed by atoms with Gasteiger partial charge >= 0.3 is 12.4 Å². The van der Waals surface area contributed by atoms with E-state index in [1.54, 1.807) is 5.32 Å². The third kappa shape index (κ3) is 3.83. The second kappa shape index (κ2) is 5.35. The van der Waals surface area contributed by atoms with Crippen LogP contribution in [0.3, 0.4) is 0 Å². The lowest BCUT2D eigenvalue weighted by Gasteiger charge is -2.08. The second-order valence-electron chi connectivity index (χ2n) is 3.41. The number of allylic oxidation sites excluding steroid dienone is 1. The Labute approximate surface area is 107 Å². The molecular formula is C9H7F6N5. The molecule has 0 unspecified atom stereocenters. The summed E-state index contributed by atoms with van der Waals surface area (Å²) in [6, 6.07) is 0. The zero-order valence-corrected chi connectivity index (χ0v) is 9.47. The number of aromatic nitrogens is 2. The van der Waals surface area contributed by atoms with Gasteiger partial charge in [0, 0.05) is 18.6 Å². The molecule has 0 bridgehead atoms. The molecule has 3 N–H and O–H groups in total. The van der Waals surface area contributed by atoms with Crippen LogP contribution in [-0.2, 0) is 6.18 Å². The highest BCUT2D eigenvalue weighted by Gasteiger charge is 2.33. The smallest absolute Gasteiger partial charge is 0.331 e. The molecule has 0 saturated carbocycles. The molecule has 0 aliphatic rings. The van der Waals surface area contributed by atoms with Crippen molar-refractivity contribution in [1.29, 1.82) is 10.8 Å². The number of halogens is 6. The van der Waals surface area contributed by atoms with Gasteiger partial charge in [-0.3, -0.25) is 5.41 Å². The van der Waals surface area contributed by atoms with Crippen LogP contribution >= 0.6 is 0 Å². The zero-order chi connectivity index (χ0) is 15.6. The number of hydrogen-bond donors (Lipinski definition) is 3. The van der Waals surface area contributed by atoms with E-state index in [0.717, 1.165) is 0 Å². The molecule has 0 radical (unpaired) electrons. The van der Waals surface area contributed by atoms with Crippen LogP contribution < -0.4 is 5.32 Å². The van der Waals surface area contributed by atoms with Crippen molar-refractivity contribution in [2.75, 3.05) is 0 Å². The van der Waals surface area contributed by atoms with Gasteiger partial charge in [-0.2, -0.15) is 31.4 Å². The van der Waals surface area contributed by atoms with Crippen molar-refractivity contribution in [3.8, 4) is 0 Å². The molecular weight excluding hydrogens is 292 g/mol. The Balaban J connectivity index is 2.85. The van der Waals surface area contributed by atoms with Crippen molar-refractivity contribution in [3.63, 3.8) is 0 Å². The molecule has 0 fully saturated rings. The summed E-state index contributed by atoms with van der Waals surface area (Å²) in [5, 5.41) is 18.8. The predicted molar refractivity (Wildman–Crippen MR) is 56.4 cm³/mol. The van der Waals surface area contributed by atoms with Crippen LogP contribution in [0.5, 0.6) is 0 Å². The molecule has 0 amide bonds. The Morgan fingerprint density at radius 2 is 1.85 bits per heavy atom. The topological polar surface area (TPSA) is 77.5 Å². The predicted octanol–water partition coefficient (Wildman–Crippen LogP) is 2.37. The summed E-state index contributed by atoms with van der Waals surface area (Å²) in [5.74, 6) is -0.830. The fraction of sp³-hybridized carbons (Fsp3) is 0.222. The van der Waals surface area contributed by atoms with E-state index >= 15 is 0 Å². The lowest BCUT2D eigenvalue weighted by molar-refractivity contribution is -0.137. The average Bonchev–Trinajstić information content (AvgIpc) is 2.76. The van der Waals surface area contributed by atoms with E-state index < -0.39 is 29.4 Å². The molecule has 0 aromatic carbocycles. The number of nitrogens with one attached hydrogen (secondary N) is 3. The lowest BCUT2D eigenvalue weighted by Crippen LogP contribution is -2.27. The molecule has 0 aliphatic carbocycles. The Hall–Kier alpha value is -2.33. The highest BCUT2D eigenvalue weighted by molar-refractivity contribution is 5.82. The van der Waals surface area contributed by atoms with E-state index in [9.17, 15) is 26.3 Å². The molecule has 0 spiro atoms. The number of alkyl halides is 6. The molecule has 5 nitrogen and oxygen atoms in total. The molecule has 0 aliphatic heterocycles. The molecule has 1 aromatic heterocycles. The van der Waals surface area contributed by atoms with Gasteiger partial charge in [-0.15, -0.1) is 0 Å². The lowest BCUT2D eigenvalue weighted by atomic mass is 10.3. The van der Waals surface area contributed by atoms with Crippen LogP contribution in [0.4, 0.5) is 26.3 Å². The maximum absolute atomic E-state index is 12.3. The van der Waals surface area contributed by atoms with E-state index in [2.05, 4.69) is 5.10 Å². The van der Waals surface area contributed by atoms with E-state index in [0.29, 0.717) is 17.1 Å². The number of nitrogens with zero attached hydrogens (tertiary/aromatic N) is 2. The van der Waals surface area contributed by atoms with Crippen LogP contribution in [0.2, 0.25) is 0 Å². The van der Waals surface area contributed by atoms with Crippen molar-refractivity contribution in [2.24, 2.45) is 0 Å². The summed E-state index contributed by atoms with van der Waals surface area (Å²) in [6.07, 6.45) is -8.31. The summed E-state index contributed by atoms with van der Waals surface area (Å²) < 4.78 is 73.9. The van der Waals surface area contributed by atoms with E-state index in [-0.39, 0.29) is 12.4 Å². The second-order valence-corrected chi connectivity index (χ2v) is 3.41. The molecule has 1 rings (SSSR count). The highest BCUT2D eigenvalue weighted by atomic mass is 19.4. The fourth-order valence-corrected chi connectivity index (χ4v) is 1.01. The van der Waals surface area contributed by atoms with Gasteiger partial charge in [0.25, 0.3) is 0 Å². The first-order valence-electron chi connectivity index (χ1n) is 4.81. The van der Waals surface area contributed by atoms with Gasteiger partial charge in [0.1, 0.15) is 0 Å². The molecule has 110 valence electrons. The van der Waals surface area contributed by atoms with Gasteiger partial charge in [0.05, 0.1) is 17.3 Å². The van der Waals surface area contributed by atoms with Gasteiger partial charge in [-0.25, -0.2) is 4.68 Å². The standard InChI is InChI=1S/C9H7F6N5/c10-8(11,12)5(1-16)2-18-7(17)20-4-6(3-19-20)9(13,14)15/h1-4,16H,(H2,17,18)/b5-2+,16-1?.